The fraction of sp³-hybridized carbons (Fsp3) is 0.381. The van der Waals surface area contributed by atoms with Gasteiger partial charge in [0.2, 0.25) is 0 Å². The number of rotatable bonds is 9. The lowest BCUT2D eigenvalue weighted by molar-refractivity contribution is 0.0945. The second-order valence-corrected chi connectivity index (χ2v) is 6.28. The molecule has 148 valence electrons. The van der Waals surface area contributed by atoms with Crippen molar-refractivity contribution in [3.8, 4) is 17.2 Å². The van der Waals surface area contributed by atoms with Gasteiger partial charge in [-0.05, 0) is 56.2 Å². The van der Waals surface area contributed by atoms with Gasteiger partial charge in [-0.1, -0.05) is 12.1 Å². The number of hydrogen-bond acceptors (Lipinski definition) is 5. The second-order valence-electron chi connectivity index (χ2n) is 6.28. The molecule has 0 aliphatic heterocycles. The van der Waals surface area contributed by atoms with Gasteiger partial charge in [0.15, 0.2) is 17.3 Å². The Labute approximate surface area is 167 Å². The lowest BCUT2D eigenvalue weighted by Gasteiger charge is -2.20. The van der Waals surface area contributed by atoms with E-state index in [1.54, 1.807) is 39.5 Å². The first-order valence-corrected chi connectivity index (χ1v) is 8.63. The lowest BCUT2D eigenvalue weighted by atomic mass is 10.0. The Morgan fingerprint density at radius 1 is 0.926 bits per heavy atom. The summed E-state index contributed by atoms with van der Waals surface area (Å²) in [5.74, 6) is 2.02. The highest BCUT2D eigenvalue weighted by molar-refractivity contribution is 6.00. The second kappa shape index (κ2) is 10.8. The summed E-state index contributed by atoms with van der Waals surface area (Å²) in [6.07, 6.45) is 0.827. The Balaban J connectivity index is 0.00000364. The van der Waals surface area contributed by atoms with Crippen molar-refractivity contribution in [2.24, 2.45) is 0 Å². The van der Waals surface area contributed by atoms with E-state index < -0.39 is 0 Å². The van der Waals surface area contributed by atoms with Crippen LogP contribution in [0, 0.1) is 0 Å². The van der Waals surface area contributed by atoms with Crippen LogP contribution >= 0.6 is 12.4 Å². The number of halogens is 1. The van der Waals surface area contributed by atoms with E-state index >= 15 is 0 Å². The van der Waals surface area contributed by atoms with Crippen molar-refractivity contribution >= 4 is 18.2 Å². The van der Waals surface area contributed by atoms with Crippen LogP contribution in [0.1, 0.15) is 29.8 Å². The quantitative estimate of drug-likeness (QED) is 0.654. The number of carbonyl (C=O) groups excluding carboxylic acids is 1. The summed E-state index contributed by atoms with van der Waals surface area (Å²) >= 11 is 0. The standard InChI is InChI=1S/C21H27NO4.ClH/c1-14(12-16-6-9-18(24-3)10-7-16)22-15(2)21(23)17-8-11-19(25-4)20(13-17)26-5;/h6-11,13-15,22H,12H2,1-5H3;1H. The van der Waals surface area contributed by atoms with E-state index in [9.17, 15) is 4.79 Å². The molecule has 0 saturated heterocycles. The van der Waals surface area contributed by atoms with Crippen molar-refractivity contribution in [3.05, 3.63) is 53.6 Å². The van der Waals surface area contributed by atoms with Gasteiger partial charge in [-0.3, -0.25) is 4.79 Å². The van der Waals surface area contributed by atoms with Crippen LogP contribution in [0.5, 0.6) is 17.2 Å². The van der Waals surface area contributed by atoms with Crippen LogP contribution < -0.4 is 19.5 Å². The zero-order chi connectivity index (χ0) is 19.1. The third-order valence-electron chi connectivity index (χ3n) is 4.30. The Kier molecular flexibility index (Phi) is 9.12. The topological polar surface area (TPSA) is 56.8 Å². The van der Waals surface area contributed by atoms with E-state index in [1.165, 1.54) is 5.56 Å². The maximum Gasteiger partial charge on any atom is 0.179 e. The Morgan fingerprint density at radius 2 is 1.56 bits per heavy atom. The first kappa shape index (κ1) is 22.8. The minimum absolute atomic E-state index is 0. The van der Waals surface area contributed by atoms with E-state index in [-0.39, 0.29) is 30.3 Å². The van der Waals surface area contributed by atoms with E-state index in [0.29, 0.717) is 17.1 Å². The van der Waals surface area contributed by atoms with E-state index in [4.69, 9.17) is 14.2 Å². The van der Waals surface area contributed by atoms with Crippen LogP contribution in [0.25, 0.3) is 0 Å². The maximum absolute atomic E-state index is 12.7. The van der Waals surface area contributed by atoms with Gasteiger partial charge in [0.1, 0.15) is 5.75 Å². The first-order valence-electron chi connectivity index (χ1n) is 8.63. The number of ether oxygens (including phenoxy) is 3. The van der Waals surface area contributed by atoms with Gasteiger partial charge in [0.25, 0.3) is 0 Å². The predicted molar refractivity (Wildman–Crippen MR) is 110 cm³/mol. The fourth-order valence-electron chi connectivity index (χ4n) is 2.92. The molecule has 5 nitrogen and oxygen atoms in total. The lowest BCUT2D eigenvalue weighted by Crippen LogP contribution is -2.41. The van der Waals surface area contributed by atoms with Crippen LogP contribution in [-0.2, 0) is 6.42 Å². The van der Waals surface area contributed by atoms with Crippen LogP contribution in [-0.4, -0.2) is 39.2 Å². The van der Waals surface area contributed by atoms with Gasteiger partial charge < -0.3 is 19.5 Å². The van der Waals surface area contributed by atoms with Crippen molar-refractivity contribution in [1.82, 2.24) is 5.32 Å². The molecule has 2 aromatic rings. The number of ketones is 1. The van der Waals surface area contributed by atoms with Gasteiger partial charge in [-0.15, -0.1) is 12.4 Å². The predicted octanol–water partition coefficient (Wildman–Crippen LogP) is 3.93. The number of hydrogen-bond donors (Lipinski definition) is 1. The molecule has 0 radical (unpaired) electrons. The third-order valence-corrected chi connectivity index (χ3v) is 4.30. The Bertz CT molecular complexity index is 733. The number of nitrogens with one attached hydrogen (secondary N) is 1. The highest BCUT2D eigenvalue weighted by Gasteiger charge is 2.19. The number of carbonyl (C=O) groups is 1. The van der Waals surface area contributed by atoms with Crippen LogP contribution in [0.15, 0.2) is 42.5 Å². The molecular formula is C21H28ClNO4. The summed E-state index contributed by atoms with van der Waals surface area (Å²) in [5, 5.41) is 3.37. The van der Waals surface area contributed by atoms with Gasteiger partial charge in [-0.2, -0.15) is 0 Å². The highest BCUT2D eigenvalue weighted by atomic mass is 35.5. The molecule has 27 heavy (non-hydrogen) atoms. The van der Waals surface area contributed by atoms with Crippen molar-refractivity contribution in [3.63, 3.8) is 0 Å². The van der Waals surface area contributed by atoms with Crippen molar-refractivity contribution in [1.29, 1.82) is 0 Å². The fourth-order valence-corrected chi connectivity index (χ4v) is 2.92. The molecule has 0 heterocycles. The molecular weight excluding hydrogens is 366 g/mol. The maximum atomic E-state index is 12.7. The average Bonchev–Trinajstić information content (AvgIpc) is 2.67. The SMILES string of the molecule is COc1ccc(CC(C)NC(C)C(=O)c2ccc(OC)c(OC)c2)cc1.Cl. The number of Topliss-reactive ketones (excluding diaryl/α,β-unsaturated/α-hetero) is 1. The van der Waals surface area contributed by atoms with Crippen LogP contribution in [0.3, 0.4) is 0 Å². The summed E-state index contributed by atoms with van der Waals surface area (Å²) in [5.41, 5.74) is 1.79. The van der Waals surface area contributed by atoms with Crippen LogP contribution in [0.2, 0.25) is 0 Å². The van der Waals surface area contributed by atoms with Gasteiger partial charge in [0.05, 0.1) is 27.4 Å². The molecule has 0 bridgehead atoms. The molecule has 0 fully saturated rings. The third kappa shape index (κ3) is 6.15. The molecule has 6 heteroatoms. The van der Waals surface area contributed by atoms with Crippen molar-refractivity contribution in [2.75, 3.05) is 21.3 Å². The summed E-state index contributed by atoms with van der Waals surface area (Å²) in [4.78, 5) is 12.7. The summed E-state index contributed by atoms with van der Waals surface area (Å²) in [6.45, 7) is 3.95. The van der Waals surface area contributed by atoms with Gasteiger partial charge in [-0.25, -0.2) is 0 Å². The molecule has 0 amide bonds. The van der Waals surface area contributed by atoms with E-state index in [1.807, 2.05) is 31.2 Å². The molecule has 1 N–H and O–H groups in total. The zero-order valence-electron chi connectivity index (χ0n) is 16.4. The highest BCUT2D eigenvalue weighted by Crippen LogP contribution is 2.28. The molecule has 0 aliphatic carbocycles. The largest absolute Gasteiger partial charge is 0.497 e. The Morgan fingerprint density at radius 3 is 2.11 bits per heavy atom. The average molecular weight is 394 g/mol. The molecule has 0 aliphatic rings. The molecule has 0 aromatic heterocycles. The molecule has 0 saturated carbocycles. The minimum Gasteiger partial charge on any atom is -0.497 e. The number of methoxy groups -OCH3 is 3. The molecule has 0 spiro atoms. The molecule has 2 aromatic carbocycles. The Hall–Kier alpha value is -2.24. The summed E-state index contributed by atoms with van der Waals surface area (Å²) < 4.78 is 15.7. The molecule has 2 unspecified atom stereocenters. The smallest absolute Gasteiger partial charge is 0.179 e. The normalized spacial score (nSPS) is 12.5. The van der Waals surface area contributed by atoms with E-state index in [0.717, 1.165) is 12.2 Å². The van der Waals surface area contributed by atoms with Crippen molar-refractivity contribution < 1.29 is 19.0 Å². The van der Waals surface area contributed by atoms with Crippen LogP contribution in [0.4, 0.5) is 0 Å². The van der Waals surface area contributed by atoms with Gasteiger partial charge in [0, 0.05) is 11.6 Å². The number of benzene rings is 2. The first-order chi connectivity index (χ1) is 12.5. The van der Waals surface area contributed by atoms with Gasteiger partial charge >= 0.3 is 0 Å². The monoisotopic (exact) mass is 393 g/mol. The zero-order valence-corrected chi connectivity index (χ0v) is 17.3. The van der Waals surface area contributed by atoms with Crippen molar-refractivity contribution in [2.45, 2.75) is 32.4 Å². The molecule has 2 rings (SSSR count). The molecule has 2 atom stereocenters. The summed E-state index contributed by atoms with van der Waals surface area (Å²) in [6, 6.07) is 13.0. The summed E-state index contributed by atoms with van der Waals surface area (Å²) in [7, 11) is 4.79. The van der Waals surface area contributed by atoms with E-state index in [2.05, 4.69) is 12.2 Å². The minimum atomic E-state index is -0.304.